The molecule has 158 valence electrons. The summed E-state index contributed by atoms with van der Waals surface area (Å²) in [7, 11) is 0. The van der Waals surface area contributed by atoms with Gasteiger partial charge in [0.1, 0.15) is 11.9 Å². The summed E-state index contributed by atoms with van der Waals surface area (Å²) in [5.74, 6) is 0.474. The summed E-state index contributed by atoms with van der Waals surface area (Å²) in [6.45, 7) is 6.28. The fourth-order valence-electron chi connectivity index (χ4n) is 3.28. The zero-order valence-electron chi connectivity index (χ0n) is 16.7. The SMILES string of the molecule is CCNC(=NCC(O)c1ccncc1)N1CC(C)OC(c2ccc(F)cc2)C1.I. The fourth-order valence-corrected chi connectivity index (χ4v) is 3.28. The number of benzene rings is 1. The number of morpholine rings is 1. The molecule has 2 N–H and O–H groups in total. The van der Waals surface area contributed by atoms with Gasteiger partial charge in [-0.05, 0) is 49.2 Å². The molecule has 0 radical (unpaired) electrons. The van der Waals surface area contributed by atoms with Gasteiger partial charge >= 0.3 is 0 Å². The molecule has 6 nitrogen and oxygen atoms in total. The average molecular weight is 514 g/mol. The van der Waals surface area contributed by atoms with E-state index in [2.05, 4.69) is 20.2 Å². The number of aliphatic hydroxyl groups is 1. The van der Waals surface area contributed by atoms with Crippen LogP contribution in [0.3, 0.4) is 0 Å². The first-order valence-corrected chi connectivity index (χ1v) is 9.59. The summed E-state index contributed by atoms with van der Waals surface area (Å²) in [5.41, 5.74) is 1.72. The highest BCUT2D eigenvalue weighted by atomic mass is 127. The van der Waals surface area contributed by atoms with Crippen LogP contribution in [-0.2, 0) is 4.74 Å². The smallest absolute Gasteiger partial charge is 0.194 e. The maximum Gasteiger partial charge on any atom is 0.194 e. The quantitative estimate of drug-likeness (QED) is 0.364. The Morgan fingerprint density at radius 2 is 1.97 bits per heavy atom. The zero-order valence-corrected chi connectivity index (χ0v) is 19.0. The summed E-state index contributed by atoms with van der Waals surface area (Å²) < 4.78 is 19.3. The van der Waals surface area contributed by atoms with E-state index in [1.54, 1.807) is 36.7 Å². The van der Waals surface area contributed by atoms with Crippen molar-refractivity contribution in [1.82, 2.24) is 15.2 Å². The fraction of sp³-hybridized carbons (Fsp3) is 0.429. The number of hydrogen-bond acceptors (Lipinski definition) is 4. The number of guanidine groups is 1. The number of rotatable bonds is 5. The Labute approximate surface area is 188 Å². The number of ether oxygens (including phenoxy) is 1. The van der Waals surface area contributed by atoms with Gasteiger partial charge in [0.15, 0.2) is 5.96 Å². The lowest BCUT2D eigenvalue weighted by molar-refractivity contribution is -0.0605. The van der Waals surface area contributed by atoms with Crippen LogP contribution >= 0.6 is 24.0 Å². The molecule has 2 aromatic rings. The van der Waals surface area contributed by atoms with Gasteiger partial charge in [0.05, 0.1) is 25.3 Å². The first-order chi connectivity index (χ1) is 13.6. The first-order valence-electron chi connectivity index (χ1n) is 9.59. The molecule has 3 rings (SSSR count). The number of aliphatic hydroxyl groups excluding tert-OH is 1. The highest BCUT2D eigenvalue weighted by molar-refractivity contribution is 14.0. The van der Waals surface area contributed by atoms with Crippen molar-refractivity contribution in [3.63, 3.8) is 0 Å². The van der Waals surface area contributed by atoms with E-state index in [0.717, 1.165) is 23.6 Å². The molecule has 1 aliphatic heterocycles. The Kier molecular flexibility index (Phi) is 9.25. The third-order valence-corrected chi connectivity index (χ3v) is 4.64. The summed E-state index contributed by atoms with van der Waals surface area (Å²) >= 11 is 0. The molecule has 1 fully saturated rings. The van der Waals surface area contributed by atoms with E-state index in [1.807, 2.05) is 13.8 Å². The number of halogens is 2. The van der Waals surface area contributed by atoms with Crippen molar-refractivity contribution in [2.24, 2.45) is 4.99 Å². The number of hydrogen-bond donors (Lipinski definition) is 2. The standard InChI is InChI=1S/C21H27FN4O2.HI/c1-3-24-21(25-12-19(27)16-8-10-23-11-9-16)26-13-15(2)28-20(14-26)17-4-6-18(22)7-5-17;/h4-11,15,19-20,27H,3,12-14H2,1-2H3,(H,24,25);1H. The molecule has 1 aliphatic rings. The highest BCUT2D eigenvalue weighted by Crippen LogP contribution is 2.25. The molecule has 3 unspecified atom stereocenters. The second-order valence-corrected chi connectivity index (χ2v) is 6.88. The summed E-state index contributed by atoms with van der Waals surface area (Å²) in [4.78, 5) is 10.7. The van der Waals surface area contributed by atoms with Crippen LogP contribution in [0.25, 0.3) is 0 Å². The van der Waals surface area contributed by atoms with Gasteiger partial charge in [-0.25, -0.2) is 4.39 Å². The molecule has 3 atom stereocenters. The van der Waals surface area contributed by atoms with Gasteiger partial charge in [-0.1, -0.05) is 12.1 Å². The molecule has 0 saturated carbocycles. The molecular formula is C21H28FIN4O2. The minimum atomic E-state index is -0.692. The maximum absolute atomic E-state index is 13.2. The van der Waals surface area contributed by atoms with Crippen LogP contribution in [0.1, 0.15) is 37.2 Å². The monoisotopic (exact) mass is 514 g/mol. The molecule has 1 aromatic heterocycles. The number of pyridine rings is 1. The molecule has 0 amide bonds. The molecule has 8 heteroatoms. The molecule has 0 aliphatic carbocycles. The van der Waals surface area contributed by atoms with Gasteiger partial charge in [-0.15, -0.1) is 24.0 Å². The number of aliphatic imine (C=N–C) groups is 1. The van der Waals surface area contributed by atoms with Crippen LogP contribution in [0, 0.1) is 5.82 Å². The van der Waals surface area contributed by atoms with Crippen LogP contribution in [0.2, 0.25) is 0 Å². The predicted octanol–water partition coefficient (Wildman–Crippen LogP) is 3.30. The minimum Gasteiger partial charge on any atom is -0.386 e. The molecule has 2 heterocycles. The lowest BCUT2D eigenvalue weighted by atomic mass is 10.1. The largest absolute Gasteiger partial charge is 0.386 e. The summed E-state index contributed by atoms with van der Waals surface area (Å²) in [5, 5.41) is 13.7. The second kappa shape index (κ2) is 11.4. The highest BCUT2D eigenvalue weighted by Gasteiger charge is 2.28. The van der Waals surface area contributed by atoms with E-state index >= 15 is 0 Å². The van der Waals surface area contributed by atoms with Crippen LogP contribution in [0.5, 0.6) is 0 Å². The average Bonchev–Trinajstić information content (AvgIpc) is 2.71. The molecule has 29 heavy (non-hydrogen) atoms. The van der Waals surface area contributed by atoms with Crippen molar-refractivity contribution in [3.05, 3.63) is 65.7 Å². The molecular weight excluding hydrogens is 486 g/mol. The van der Waals surface area contributed by atoms with E-state index < -0.39 is 6.10 Å². The maximum atomic E-state index is 13.2. The zero-order chi connectivity index (χ0) is 19.9. The Balaban J connectivity index is 0.00000300. The van der Waals surface area contributed by atoms with E-state index in [-0.39, 0.29) is 48.5 Å². The van der Waals surface area contributed by atoms with Gasteiger partial charge in [-0.2, -0.15) is 0 Å². The van der Waals surface area contributed by atoms with Gasteiger partial charge in [0.25, 0.3) is 0 Å². The summed E-state index contributed by atoms with van der Waals surface area (Å²) in [6, 6.07) is 9.99. The Bertz CT molecular complexity index is 776. The first kappa shape index (κ1) is 23.5. The second-order valence-electron chi connectivity index (χ2n) is 6.88. The predicted molar refractivity (Wildman–Crippen MR) is 122 cm³/mol. The van der Waals surface area contributed by atoms with Crippen molar-refractivity contribution in [2.75, 3.05) is 26.2 Å². The number of aromatic nitrogens is 1. The third kappa shape index (κ3) is 6.61. The lowest BCUT2D eigenvalue weighted by Gasteiger charge is -2.38. The lowest BCUT2D eigenvalue weighted by Crippen LogP contribution is -2.50. The van der Waals surface area contributed by atoms with Gasteiger partial charge in [0.2, 0.25) is 0 Å². The van der Waals surface area contributed by atoms with Crippen LogP contribution in [0.4, 0.5) is 4.39 Å². The third-order valence-electron chi connectivity index (χ3n) is 4.64. The summed E-state index contributed by atoms with van der Waals surface area (Å²) in [6.07, 6.45) is 2.45. The van der Waals surface area contributed by atoms with Crippen LogP contribution in [0.15, 0.2) is 53.8 Å². The van der Waals surface area contributed by atoms with Crippen LogP contribution in [-0.4, -0.2) is 53.2 Å². The topological polar surface area (TPSA) is 70.0 Å². The Morgan fingerprint density at radius 3 is 2.62 bits per heavy atom. The number of nitrogens with one attached hydrogen (secondary N) is 1. The molecule has 0 bridgehead atoms. The normalized spacial score (nSPS) is 20.7. The molecule has 0 spiro atoms. The number of nitrogens with zero attached hydrogens (tertiary/aromatic N) is 3. The van der Waals surface area contributed by atoms with Gasteiger partial charge in [0, 0.05) is 25.5 Å². The van der Waals surface area contributed by atoms with Crippen molar-refractivity contribution in [2.45, 2.75) is 32.2 Å². The van der Waals surface area contributed by atoms with Crippen molar-refractivity contribution in [1.29, 1.82) is 0 Å². The van der Waals surface area contributed by atoms with Crippen molar-refractivity contribution >= 4 is 29.9 Å². The van der Waals surface area contributed by atoms with Gasteiger partial charge < -0.3 is 20.1 Å². The molecule has 1 saturated heterocycles. The van der Waals surface area contributed by atoms with E-state index in [9.17, 15) is 9.50 Å². The van der Waals surface area contributed by atoms with E-state index in [1.165, 1.54) is 12.1 Å². The van der Waals surface area contributed by atoms with Crippen molar-refractivity contribution in [3.8, 4) is 0 Å². The Morgan fingerprint density at radius 1 is 1.28 bits per heavy atom. The van der Waals surface area contributed by atoms with Crippen molar-refractivity contribution < 1.29 is 14.2 Å². The Hall–Kier alpha value is -1.78. The van der Waals surface area contributed by atoms with E-state index in [0.29, 0.717) is 13.1 Å². The molecule has 1 aromatic carbocycles. The van der Waals surface area contributed by atoms with E-state index in [4.69, 9.17) is 4.74 Å². The van der Waals surface area contributed by atoms with Crippen LogP contribution < -0.4 is 5.32 Å². The van der Waals surface area contributed by atoms with Gasteiger partial charge in [-0.3, -0.25) is 9.98 Å². The minimum absolute atomic E-state index is 0.